The lowest BCUT2D eigenvalue weighted by atomic mass is 9.95. The molecule has 28 heavy (non-hydrogen) atoms. The third-order valence-electron chi connectivity index (χ3n) is 4.56. The van der Waals surface area contributed by atoms with Crippen LogP contribution in [0.1, 0.15) is 96.8 Å². The largest absolute Gasteiger partial charge is 0.481 e. The average Bonchev–Trinajstić information content (AvgIpc) is 2.58. The van der Waals surface area contributed by atoms with Gasteiger partial charge in [-0.2, -0.15) is 0 Å². The van der Waals surface area contributed by atoms with Gasteiger partial charge in [0.1, 0.15) is 0 Å². The summed E-state index contributed by atoms with van der Waals surface area (Å²) in [4.78, 5) is 45.1. The van der Waals surface area contributed by atoms with E-state index < -0.39 is 42.3 Å². The standard InChI is InChI=1S/C20H34O8/c1-2-3-4-5-6-7-8-9-10-11-12-13-18(25)28-20(19(26)27,14-16(21)22)15-17(23)24/h2-15H2,1H3,(H,21,22)(H,23,24)(H,26,27). The van der Waals surface area contributed by atoms with Gasteiger partial charge >= 0.3 is 23.9 Å². The highest BCUT2D eigenvalue weighted by Gasteiger charge is 2.47. The molecule has 3 N–H and O–H groups in total. The second-order valence-corrected chi connectivity index (χ2v) is 7.20. The van der Waals surface area contributed by atoms with Crippen LogP contribution < -0.4 is 0 Å². The smallest absolute Gasteiger partial charge is 0.349 e. The zero-order valence-corrected chi connectivity index (χ0v) is 16.8. The summed E-state index contributed by atoms with van der Waals surface area (Å²) in [6, 6.07) is 0. The second-order valence-electron chi connectivity index (χ2n) is 7.20. The third-order valence-corrected chi connectivity index (χ3v) is 4.56. The van der Waals surface area contributed by atoms with E-state index in [1.807, 2.05) is 0 Å². The molecule has 0 heterocycles. The third kappa shape index (κ3) is 12.3. The van der Waals surface area contributed by atoms with E-state index in [2.05, 4.69) is 6.92 Å². The summed E-state index contributed by atoms with van der Waals surface area (Å²) in [5.74, 6) is -5.76. The average molecular weight is 402 g/mol. The number of hydrogen-bond donors (Lipinski definition) is 3. The molecule has 0 radical (unpaired) electrons. The molecule has 8 heteroatoms. The predicted octanol–water partition coefficient (Wildman–Crippen LogP) is 4.00. The van der Waals surface area contributed by atoms with Crippen LogP contribution in [0.2, 0.25) is 0 Å². The van der Waals surface area contributed by atoms with Crippen LogP contribution in [-0.2, 0) is 23.9 Å². The summed E-state index contributed by atoms with van der Waals surface area (Å²) >= 11 is 0. The van der Waals surface area contributed by atoms with Crippen LogP contribution in [0.3, 0.4) is 0 Å². The van der Waals surface area contributed by atoms with Crippen molar-refractivity contribution in [1.82, 2.24) is 0 Å². The minimum absolute atomic E-state index is 0.0642. The Morgan fingerprint density at radius 3 is 1.43 bits per heavy atom. The van der Waals surface area contributed by atoms with Gasteiger partial charge in [-0.1, -0.05) is 71.1 Å². The van der Waals surface area contributed by atoms with Gasteiger partial charge in [-0.15, -0.1) is 0 Å². The Morgan fingerprint density at radius 1 is 0.679 bits per heavy atom. The molecule has 0 aliphatic carbocycles. The number of aliphatic carboxylic acids is 3. The molecule has 0 rings (SSSR count). The molecule has 0 saturated heterocycles. The minimum atomic E-state index is -2.58. The summed E-state index contributed by atoms with van der Waals surface area (Å²) in [5.41, 5.74) is -2.58. The molecule has 0 fully saturated rings. The number of unbranched alkanes of at least 4 members (excludes halogenated alkanes) is 10. The molecule has 162 valence electrons. The zero-order valence-electron chi connectivity index (χ0n) is 16.8. The lowest BCUT2D eigenvalue weighted by molar-refractivity contribution is -0.186. The van der Waals surface area contributed by atoms with Crippen molar-refractivity contribution in [3.05, 3.63) is 0 Å². The molecule has 0 aromatic rings. The van der Waals surface area contributed by atoms with E-state index in [0.29, 0.717) is 6.42 Å². The van der Waals surface area contributed by atoms with Crippen molar-refractivity contribution in [2.75, 3.05) is 0 Å². The molecule has 0 bridgehead atoms. The van der Waals surface area contributed by atoms with Crippen LogP contribution in [0.25, 0.3) is 0 Å². The number of rotatable bonds is 18. The summed E-state index contributed by atoms with van der Waals surface area (Å²) < 4.78 is 4.81. The normalized spacial score (nSPS) is 11.2. The molecular weight excluding hydrogens is 368 g/mol. The van der Waals surface area contributed by atoms with Crippen LogP contribution in [0.5, 0.6) is 0 Å². The molecular formula is C20H34O8. The highest BCUT2D eigenvalue weighted by Crippen LogP contribution is 2.23. The lowest BCUT2D eigenvalue weighted by Gasteiger charge is -2.26. The minimum Gasteiger partial charge on any atom is -0.481 e. The van der Waals surface area contributed by atoms with Crippen molar-refractivity contribution in [2.45, 2.75) is 102 Å². The fraction of sp³-hybridized carbons (Fsp3) is 0.800. The molecule has 0 saturated carbocycles. The van der Waals surface area contributed by atoms with Gasteiger partial charge in [0.2, 0.25) is 5.60 Å². The molecule has 0 aromatic carbocycles. The second kappa shape index (κ2) is 14.9. The fourth-order valence-electron chi connectivity index (χ4n) is 3.02. The first-order valence-electron chi connectivity index (χ1n) is 10.1. The van der Waals surface area contributed by atoms with E-state index in [-0.39, 0.29) is 6.42 Å². The SMILES string of the molecule is CCCCCCCCCCCCCC(=O)OC(CC(=O)O)(CC(=O)O)C(=O)O. The van der Waals surface area contributed by atoms with Crippen LogP contribution in [0, 0.1) is 0 Å². The summed E-state index contributed by atoms with van der Waals surface area (Å²) in [6.07, 6.45) is 9.73. The van der Waals surface area contributed by atoms with Crippen LogP contribution in [0.15, 0.2) is 0 Å². The van der Waals surface area contributed by atoms with Gasteiger partial charge in [0.15, 0.2) is 0 Å². The quantitative estimate of drug-likeness (QED) is 0.231. The van der Waals surface area contributed by atoms with E-state index in [1.54, 1.807) is 0 Å². The first-order chi connectivity index (χ1) is 13.2. The Kier molecular flexibility index (Phi) is 13.8. The van der Waals surface area contributed by atoms with Crippen LogP contribution in [-0.4, -0.2) is 44.8 Å². The number of esters is 1. The van der Waals surface area contributed by atoms with Crippen LogP contribution >= 0.6 is 0 Å². The maximum atomic E-state index is 11.9. The number of ether oxygens (including phenoxy) is 1. The van der Waals surface area contributed by atoms with Crippen molar-refractivity contribution in [2.24, 2.45) is 0 Å². The Hall–Kier alpha value is -2.12. The first kappa shape index (κ1) is 25.9. The van der Waals surface area contributed by atoms with Gasteiger partial charge in [0.25, 0.3) is 0 Å². The number of carboxylic acid groups (broad SMARTS) is 3. The number of carboxylic acids is 3. The maximum absolute atomic E-state index is 11.9. The van der Waals surface area contributed by atoms with Gasteiger partial charge in [-0.3, -0.25) is 14.4 Å². The fourth-order valence-corrected chi connectivity index (χ4v) is 3.02. The van der Waals surface area contributed by atoms with E-state index in [0.717, 1.165) is 25.7 Å². The van der Waals surface area contributed by atoms with Gasteiger partial charge in [0.05, 0.1) is 12.8 Å². The Bertz CT molecular complexity index is 484. The maximum Gasteiger partial charge on any atom is 0.349 e. The van der Waals surface area contributed by atoms with Gasteiger partial charge in [-0.25, -0.2) is 4.79 Å². The van der Waals surface area contributed by atoms with Crippen molar-refractivity contribution in [3.8, 4) is 0 Å². The predicted molar refractivity (Wildman–Crippen MR) is 102 cm³/mol. The van der Waals surface area contributed by atoms with Crippen molar-refractivity contribution < 1.29 is 39.2 Å². The monoisotopic (exact) mass is 402 g/mol. The highest BCUT2D eigenvalue weighted by atomic mass is 16.6. The molecule has 0 aromatic heterocycles. The topological polar surface area (TPSA) is 138 Å². The van der Waals surface area contributed by atoms with E-state index in [1.165, 1.54) is 38.5 Å². The Labute approximate surface area is 166 Å². The van der Waals surface area contributed by atoms with Gasteiger partial charge in [-0.05, 0) is 6.42 Å². The van der Waals surface area contributed by atoms with Crippen LogP contribution in [0.4, 0.5) is 0 Å². The molecule has 8 nitrogen and oxygen atoms in total. The number of carbonyl (C=O) groups excluding carboxylic acids is 1. The first-order valence-corrected chi connectivity index (χ1v) is 10.1. The summed E-state index contributed by atoms with van der Waals surface area (Å²) in [7, 11) is 0. The molecule has 0 unspecified atom stereocenters. The number of carbonyl (C=O) groups is 4. The van der Waals surface area contributed by atoms with E-state index >= 15 is 0 Å². The zero-order chi connectivity index (χ0) is 21.4. The van der Waals surface area contributed by atoms with E-state index in [4.69, 9.17) is 14.9 Å². The highest BCUT2D eigenvalue weighted by molar-refractivity contribution is 5.90. The molecule has 0 amide bonds. The molecule has 0 spiro atoms. The number of hydrogen-bond acceptors (Lipinski definition) is 5. The van der Waals surface area contributed by atoms with Crippen molar-refractivity contribution in [3.63, 3.8) is 0 Å². The van der Waals surface area contributed by atoms with E-state index in [9.17, 15) is 24.3 Å². The molecule has 0 atom stereocenters. The lowest BCUT2D eigenvalue weighted by Crippen LogP contribution is -2.47. The molecule has 0 aliphatic rings. The summed E-state index contributed by atoms with van der Waals surface area (Å²) in [6.45, 7) is 2.19. The Balaban J connectivity index is 4.14. The summed E-state index contributed by atoms with van der Waals surface area (Å²) in [5, 5.41) is 26.9. The molecule has 0 aliphatic heterocycles. The van der Waals surface area contributed by atoms with Gasteiger partial charge in [0, 0.05) is 6.42 Å². The Morgan fingerprint density at radius 2 is 1.07 bits per heavy atom. The van der Waals surface area contributed by atoms with Crippen molar-refractivity contribution in [1.29, 1.82) is 0 Å². The van der Waals surface area contributed by atoms with Gasteiger partial charge < -0.3 is 20.1 Å². The van der Waals surface area contributed by atoms with Crippen molar-refractivity contribution >= 4 is 23.9 Å².